The number of ether oxygens (including phenoxy) is 2. The molecule has 0 spiro atoms. The lowest BCUT2D eigenvalue weighted by atomic mass is 9.48. The lowest BCUT2D eigenvalue weighted by Gasteiger charge is -2.57. The van der Waals surface area contributed by atoms with Gasteiger partial charge in [0.25, 0.3) is 0 Å². The molecule has 1 saturated carbocycles. The van der Waals surface area contributed by atoms with E-state index in [4.69, 9.17) is 9.47 Å². The first kappa shape index (κ1) is 20.1. The first-order valence-corrected chi connectivity index (χ1v) is 9.99. The highest BCUT2D eigenvalue weighted by Gasteiger charge is 2.52. The maximum Gasteiger partial charge on any atom is 0.132 e. The Labute approximate surface area is 163 Å². The van der Waals surface area contributed by atoms with E-state index in [-0.39, 0.29) is 11.7 Å². The van der Waals surface area contributed by atoms with Gasteiger partial charge in [0, 0.05) is 18.6 Å². The van der Waals surface area contributed by atoms with E-state index in [0.717, 1.165) is 12.3 Å². The van der Waals surface area contributed by atoms with Gasteiger partial charge >= 0.3 is 0 Å². The lowest BCUT2D eigenvalue weighted by molar-refractivity contribution is -0.0324. The molecule has 4 rings (SSSR count). The van der Waals surface area contributed by atoms with Crippen molar-refractivity contribution in [3.05, 3.63) is 29.3 Å². The lowest BCUT2D eigenvalue weighted by Crippen LogP contribution is -2.49. The smallest absolute Gasteiger partial charge is 0.132 e. The van der Waals surface area contributed by atoms with Crippen molar-refractivity contribution in [2.45, 2.75) is 59.0 Å². The van der Waals surface area contributed by atoms with E-state index in [1.165, 1.54) is 12.0 Å². The average Bonchev–Trinajstić information content (AvgIpc) is 2.59. The van der Waals surface area contributed by atoms with Gasteiger partial charge in [-0.05, 0) is 42.4 Å². The number of phenolic OH excluding ortho intramolecular Hbond substituents is 1. The molecule has 0 radical (unpaired) electrons. The molecule has 0 amide bonds. The fourth-order valence-electron chi connectivity index (χ4n) is 5.27. The molecule has 0 aliphatic heterocycles. The molecule has 0 saturated heterocycles. The summed E-state index contributed by atoms with van der Waals surface area (Å²) in [5, 5.41) is 22.6. The molecule has 4 nitrogen and oxygen atoms in total. The van der Waals surface area contributed by atoms with Gasteiger partial charge in [-0.25, -0.2) is 0 Å². The van der Waals surface area contributed by atoms with Gasteiger partial charge in [-0.15, -0.1) is 0 Å². The van der Waals surface area contributed by atoms with Crippen LogP contribution < -0.4 is 9.47 Å². The highest BCUT2D eigenvalue weighted by atomic mass is 16.5. The first-order valence-electron chi connectivity index (χ1n) is 9.99. The number of allylic oxidation sites excluding steroid dienone is 1. The minimum absolute atomic E-state index is 0.0245. The molecule has 0 heterocycles. The summed E-state index contributed by atoms with van der Waals surface area (Å²) in [5.41, 5.74) is 0.914. The molecule has 4 heteroatoms. The highest BCUT2D eigenvalue weighted by molar-refractivity contribution is 5.53. The van der Waals surface area contributed by atoms with E-state index < -0.39 is 5.60 Å². The topological polar surface area (TPSA) is 58.9 Å². The highest BCUT2D eigenvalue weighted by Crippen LogP contribution is 2.61. The van der Waals surface area contributed by atoms with Crippen LogP contribution in [0.3, 0.4) is 0 Å². The summed E-state index contributed by atoms with van der Waals surface area (Å²) in [6, 6.07) is 3.29. The molecule has 1 fully saturated rings. The Hall–Kier alpha value is -1.68. The number of rotatable bonds is 7. The molecule has 1 unspecified atom stereocenters. The number of benzene rings is 1. The maximum absolute atomic E-state index is 11.8. The molecule has 2 bridgehead atoms. The molecule has 27 heavy (non-hydrogen) atoms. The van der Waals surface area contributed by atoms with Crippen LogP contribution in [0.5, 0.6) is 17.2 Å². The molecule has 0 aromatic heterocycles. The van der Waals surface area contributed by atoms with Crippen molar-refractivity contribution in [2.24, 2.45) is 23.2 Å². The Balaban J connectivity index is 2.03. The van der Waals surface area contributed by atoms with Crippen molar-refractivity contribution in [3.8, 4) is 17.2 Å². The monoisotopic (exact) mass is 374 g/mol. The number of fused-ring (bicyclic) bond motifs is 1. The summed E-state index contributed by atoms with van der Waals surface area (Å²) >= 11 is 0. The van der Waals surface area contributed by atoms with Crippen LogP contribution in [0.15, 0.2) is 23.8 Å². The van der Waals surface area contributed by atoms with Crippen LogP contribution in [-0.4, -0.2) is 24.4 Å². The van der Waals surface area contributed by atoms with E-state index in [1.54, 1.807) is 26.4 Å². The second-order valence-corrected chi connectivity index (χ2v) is 9.35. The van der Waals surface area contributed by atoms with Gasteiger partial charge in [-0.1, -0.05) is 39.3 Å². The average molecular weight is 375 g/mol. The largest absolute Gasteiger partial charge is 0.507 e. The standard InChI is InChI=1S/C23H34O4/c1-14(2)12-23(25,13-15-7-8-16-9-18(15)22(16,3)4)21-19(24)10-17(26-5)11-20(21)27-6/h7,10-11,14,16,18,24-25H,8-9,12-13H2,1-6H3/t16-,18-,23?/m0/s1. The minimum atomic E-state index is -1.18. The van der Waals surface area contributed by atoms with Crippen molar-refractivity contribution in [2.75, 3.05) is 14.2 Å². The number of aromatic hydroxyl groups is 1. The molecular weight excluding hydrogens is 340 g/mol. The van der Waals surface area contributed by atoms with Gasteiger partial charge in [0.2, 0.25) is 0 Å². The van der Waals surface area contributed by atoms with Gasteiger partial charge in [-0.2, -0.15) is 0 Å². The van der Waals surface area contributed by atoms with Crippen LogP contribution in [0, 0.1) is 23.2 Å². The molecule has 2 N–H and O–H groups in total. The van der Waals surface area contributed by atoms with Gasteiger partial charge in [0.05, 0.1) is 19.8 Å². The van der Waals surface area contributed by atoms with Crippen LogP contribution in [0.4, 0.5) is 0 Å². The third-order valence-electron chi connectivity index (χ3n) is 6.80. The van der Waals surface area contributed by atoms with Crippen molar-refractivity contribution >= 4 is 0 Å². The molecule has 1 aromatic rings. The number of hydrogen-bond acceptors (Lipinski definition) is 4. The third kappa shape index (κ3) is 3.44. The van der Waals surface area contributed by atoms with Crippen LogP contribution >= 0.6 is 0 Å². The second kappa shape index (κ2) is 7.05. The Kier molecular flexibility index (Phi) is 5.24. The van der Waals surface area contributed by atoms with E-state index >= 15 is 0 Å². The zero-order chi connectivity index (χ0) is 20.0. The van der Waals surface area contributed by atoms with Gasteiger partial charge in [0.15, 0.2) is 0 Å². The SMILES string of the molecule is COc1cc(O)c(C(O)(CC2=CC[C@H]3C[C@@H]2C3(C)C)CC(C)C)c(OC)c1. The summed E-state index contributed by atoms with van der Waals surface area (Å²) in [6.07, 6.45) is 5.70. The van der Waals surface area contributed by atoms with Crippen molar-refractivity contribution in [1.82, 2.24) is 0 Å². The number of methoxy groups -OCH3 is 2. The zero-order valence-electron chi connectivity index (χ0n) is 17.5. The second-order valence-electron chi connectivity index (χ2n) is 9.35. The van der Waals surface area contributed by atoms with E-state index in [2.05, 4.69) is 33.8 Å². The normalized spacial score (nSPS) is 25.4. The molecule has 1 aromatic carbocycles. The Bertz CT molecular complexity index is 734. The van der Waals surface area contributed by atoms with Gasteiger partial charge in [-0.3, -0.25) is 0 Å². The predicted molar refractivity (Wildman–Crippen MR) is 107 cm³/mol. The fourth-order valence-corrected chi connectivity index (χ4v) is 5.27. The Morgan fingerprint density at radius 1 is 1.22 bits per heavy atom. The summed E-state index contributed by atoms with van der Waals surface area (Å²) in [5.74, 6) is 2.55. The van der Waals surface area contributed by atoms with Gasteiger partial charge < -0.3 is 19.7 Å². The molecule has 3 atom stereocenters. The number of hydrogen-bond donors (Lipinski definition) is 2. The van der Waals surface area contributed by atoms with E-state index in [9.17, 15) is 10.2 Å². The van der Waals surface area contributed by atoms with Crippen molar-refractivity contribution < 1.29 is 19.7 Å². The summed E-state index contributed by atoms with van der Waals surface area (Å²) in [4.78, 5) is 0. The summed E-state index contributed by atoms with van der Waals surface area (Å²) in [7, 11) is 3.11. The maximum atomic E-state index is 11.8. The van der Waals surface area contributed by atoms with Crippen molar-refractivity contribution in [3.63, 3.8) is 0 Å². The fraction of sp³-hybridized carbons (Fsp3) is 0.652. The quantitative estimate of drug-likeness (QED) is 0.658. The zero-order valence-corrected chi connectivity index (χ0v) is 17.5. The van der Waals surface area contributed by atoms with Crippen molar-refractivity contribution in [1.29, 1.82) is 0 Å². The molecular formula is C23H34O4. The summed E-state index contributed by atoms with van der Waals surface area (Å²) in [6.45, 7) is 8.87. The van der Waals surface area contributed by atoms with Gasteiger partial charge in [0.1, 0.15) is 22.8 Å². The summed E-state index contributed by atoms with van der Waals surface area (Å²) < 4.78 is 10.8. The van der Waals surface area contributed by atoms with E-state index in [1.807, 2.05) is 0 Å². The molecule has 3 aliphatic rings. The van der Waals surface area contributed by atoms with Crippen LogP contribution in [0.1, 0.15) is 58.9 Å². The predicted octanol–water partition coefficient (Wildman–Crippen LogP) is 5.03. The van der Waals surface area contributed by atoms with E-state index in [0.29, 0.717) is 41.2 Å². The Morgan fingerprint density at radius 2 is 1.93 bits per heavy atom. The molecule has 3 aliphatic carbocycles. The Morgan fingerprint density at radius 3 is 2.44 bits per heavy atom. The minimum Gasteiger partial charge on any atom is -0.507 e. The molecule has 150 valence electrons. The number of aliphatic hydroxyl groups is 1. The van der Waals surface area contributed by atoms with Crippen LogP contribution in [0.25, 0.3) is 0 Å². The first-order chi connectivity index (χ1) is 12.6. The van der Waals surface area contributed by atoms with Crippen LogP contribution in [-0.2, 0) is 5.60 Å². The third-order valence-corrected chi connectivity index (χ3v) is 6.80. The van der Waals surface area contributed by atoms with Crippen LogP contribution in [0.2, 0.25) is 0 Å². The number of phenols is 1.